The summed E-state index contributed by atoms with van der Waals surface area (Å²) >= 11 is 1.65. The van der Waals surface area contributed by atoms with Crippen LogP contribution < -0.4 is 10.1 Å². The molecule has 0 aliphatic heterocycles. The third-order valence-corrected chi connectivity index (χ3v) is 4.46. The zero-order valence-electron chi connectivity index (χ0n) is 13.0. The van der Waals surface area contributed by atoms with Gasteiger partial charge < -0.3 is 15.2 Å². The molecule has 0 bridgehead atoms. The van der Waals surface area contributed by atoms with Crippen LogP contribution in [0.2, 0.25) is 0 Å². The van der Waals surface area contributed by atoms with Gasteiger partial charge in [-0.15, -0.1) is 11.3 Å². The first-order valence-corrected chi connectivity index (χ1v) is 8.42. The van der Waals surface area contributed by atoms with E-state index in [1.165, 1.54) is 4.70 Å². The first kappa shape index (κ1) is 16.4. The number of hydrogen-bond acceptors (Lipinski definition) is 6. The molecule has 1 heterocycles. The third-order valence-electron chi connectivity index (χ3n) is 3.42. The Balaban J connectivity index is 1.42. The number of aliphatic hydroxyl groups excluding tert-OH is 1. The lowest BCUT2D eigenvalue weighted by Crippen LogP contribution is -2.31. The van der Waals surface area contributed by atoms with Gasteiger partial charge in [-0.25, -0.2) is 4.98 Å². The van der Waals surface area contributed by atoms with Crippen molar-refractivity contribution in [3.63, 3.8) is 0 Å². The van der Waals surface area contributed by atoms with E-state index >= 15 is 0 Å². The average molecular weight is 339 g/mol. The topological polar surface area (TPSA) is 78.2 Å². The molecule has 1 atom stereocenters. The van der Waals surface area contributed by atoms with Crippen LogP contribution in [0.1, 0.15) is 10.6 Å². The monoisotopic (exact) mass is 339 g/mol. The molecule has 2 N–H and O–H groups in total. The highest BCUT2D eigenvalue weighted by molar-refractivity contribution is 7.18. The summed E-state index contributed by atoms with van der Waals surface area (Å²) in [6.45, 7) is 1.23. The molecule has 0 saturated carbocycles. The van der Waals surface area contributed by atoms with Gasteiger partial charge in [-0.1, -0.05) is 12.1 Å². The minimum Gasteiger partial charge on any atom is -0.491 e. The Morgan fingerprint density at radius 1 is 1.21 bits per heavy atom. The third kappa shape index (κ3) is 4.30. The Morgan fingerprint density at radius 3 is 2.75 bits per heavy atom. The second kappa shape index (κ2) is 7.88. The van der Waals surface area contributed by atoms with Gasteiger partial charge in [-0.3, -0.25) is 0 Å². The number of hydrogen-bond donors (Lipinski definition) is 2. The number of thiazole rings is 1. The summed E-state index contributed by atoms with van der Waals surface area (Å²) in [7, 11) is 0. The van der Waals surface area contributed by atoms with E-state index in [9.17, 15) is 5.11 Å². The highest BCUT2D eigenvalue weighted by Crippen LogP contribution is 2.21. The summed E-state index contributed by atoms with van der Waals surface area (Å²) in [5, 5.41) is 22.9. The predicted octanol–water partition coefficient (Wildman–Crippen LogP) is 2.70. The first-order valence-electron chi connectivity index (χ1n) is 7.61. The molecule has 0 aliphatic rings. The van der Waals surface area contributed by atoms with Crippen molar-refractivity contribution in [2.45, 2.75) is 12.6 Å². The normalized spacial score (nSPS) is 12.0. The standard InChI is InChI=1S/C18H17N3O2S/c19-9-13-5-7-15(8-6-13)23-12-14(22)10-20-11-18-21-16-3-1-2-4-17(16)24-18/h1-8,14,20,22H,10-12H2. The number of aliphatic hydroxyl groups is 1. The molecule has 24 heavy (non-hydrogen) atoms. The van der Waals surface area contributed by atoms with Crippen molar-refractivity contribution in [3.05, 3.63) is 59.1 Å². The fourth-order valence-corrected chi connectivity index (χ4v) is 3.16. The van der Waals surface area contributed by atoms with Crippen molar-refractivity contribution < 1.29 is 9.84 Å². The summed E-state index contributed by atoms with van der Waals surface area (Å²) < 4.78 is 6.67. The largest absolute Gasteiger partial charge is 0.491 e. The smallest absolute Gasteiger partial charge is 0.119 e. The number of aromatic nitrogens is 1. The van der Waals surface area contributed by atoms with Crippen LogP contribution in [0.5, 0.6) is 5.75 Å². The Bertz CT molecular complexity index is 806. The van der Waals surface area contributed by atoms with Crippen molar-refractivity contribution in [1.29, 1.82) is 5.26 Å². The van der Waals surface area contributed by atoms with Crippen molar-refractivity contribution in [3.8, 4) is 11.8 Å². The molecule has 2 aromatic carbocycles. The number of ether oxygens (including phenoxy) is 1. The van der Waals surface area contributed by atoms with Gasteiger partial charge in [-0.05, 0) is 36.4 Å². The number of nitrogens with zero attached hydrogens (tertiary/aromatic N) is 2. The molecule has 0 amide bonds. The molecular weight excluding hydrogens is 322 g/mol. The molecule has 5 nitrogen and oxygen atoms in total. The van der Waals surface area contributed by atoms with Crippen LogP contribution in [-0.2, 0) is 6.54 Å². The van der Waals surface area contributed by atoms with Crippen LogP contribution in [-0.4, -0.2) is 29.3 Å². The summed E-state index contributed by atoms with van der Waals surface area (Å²) in [5.74, 6) is 0.638. The zero-order chi connectivity index (χ0) is 16.8. The molecule has 1 unspecified atom stereocenters. The van der Waals surface area contributed by atoms with Gasteiger partial charge in [0.25, 0.3) is 0 Å². The molecule has 1 aromatic heterocycles. The summed E-state index contributed by atoms with van der Waals surface area (Å²) in [5.41, 5.74) is 1.59. The van der Waals surface area contributed by atoms with Gasteiger partial charge in [0.2, 0.25) is 0 Å². The molecule has 0 aliphatic carbocycles. The lowest BCUT2D eigenvalue weighted by atomic mass is 10.2. The lowest BCUT2D eigenvalue weighted by molar-refractivity contribution is 0.106. The maximum absolute atomic E-state index is 9.97. The number of rotatable bonds is 7. The van der Waals surface area contributed by atoms with Crippen molar-refractivity contribution in [2.75, 3.05) is 13.2 Å². The molecule has 3 aromatic rings. The Kier molecular flexibility index (Phi) is 5.39. The van der Waals surface area contributed by atoms with E-state index in [0.717, 1.165) is 10.5 Å². The van der Waals surface area contributed by atoms with Crippen LogP contribution in [0.15, 0.2) is 48.5 Å². The van der Waals surface area contributed by atoms with E-state index in [4.69, 9.17) is 10.00 Å². The Labute approximate surface area is 144 Å². The van der Waals surface area contributed by atoms with Crippen molar-refractivity contribution in [1.82, 2.24) is 10.3 Å². The number of benzene rings is 2. The van der Waals surface area contributed by atoms with E-state index in [1.807, 2.05) is 18.2 Å². The Morgan fingerprint density at radius 2 is 2.00 bits per heavy atom. The second-order valence-corrected chi connectivity index (χ2v) is 6.42. The number of fused-ring (bicyclic) bond motifs is 1. The molecule has 0 fully saturated rings. The minimum atomic E-state index is -0.616. The fourth-order valence-electron chi connectivity index (χ4n) is 2.22. The van der Waals surface area contributed by atoms with Crippen LogP contribution in [0, 0.1) is 11.3 Å². The Hall–Kier alpha value is -2.46. The van der Waals surface area contributed by atoms with Gasteiger partial charge in [0.05, 0.1) is 21.8 Å². The highest BCUT2D eigenvalue weighted by Gasteiger charge is 2.07. The van der Waals surface area contributed by atoms with Crippen LogP contribution >= 0.6 is 11.3 Å². The molecule has 122 valence electrons. The minimum absolute atomic E-state index is 0.193. The van der Waals surface area contributed by atoms with Gasteiger partial charge in [-0.2, -0.15) is 5.26 Å². The van der Waals surface area contributed by atoms with E-state index in [1.54, 1.807) is 35.6 Å². The molecule has 0 saturated heterocycles. The predicted molar refractivity (Wildman–Crippen MR) is 94.0 cm³/mol. The molecule has 3 rings (SSSR count). The summed E-state index contributed by atoms with van der Waals surface area (Å²) in [6.07, 6.45) is -0.616. The number of nitrogens with one attached hydrogen (secondary N) is 1. The zero-order valence-corrected chi connectivity index (χ0v) is 13.8. The highest BCUT2D eigenvalue weighted by atomic mass is 32.1. The molecular formula is C18H17N3O2S. The van der Waals surface area contributed by atoms with Crippen LogP contribution in [0.3, 0.4) is 0 Å². The maximum atomic E-state index is 9.97. The van der Waals surface area contributed by atoms with Crippen molar-refractivity contribution in [2.24, 2.45) is 0 Å². The molecule has 0 spiro atoms. The second-order valence-electron chi connectivity index (χ2n) is 5.31. The van der Waals surface area contributed by atoms with E-state index in [-0.39, 0.29) is 6.61 Å². The number of nitriles is 1. The van der Waals surface area contributed by atoms with Gasteiger partial charge in [0.1, 0.15) is 23.5 Å². The lowest BCUT2D eigenvalue weighted by Gasteiger charge is -2.12. The quantitative estimate of drug-likeness (QED) is 0.692. The average Bonchev–Trinajstić information content (AvgIpc) is 3.03. The van der Waals surface area contributed by atoms with Gasteiger partial charge >= 0.3 is 0 Å². The van der Waals surface area contributed by atoms with Crippen LogP contribution in [0.4, 0.5) is 0 Å². The van der Waals surface area contributed by atoms with E-state index in [0.29, 0.717) is 24.4 Å². The number of para-hydroxylation sites is 1. The van der Waals surface area contributed by atoms with Crippen molar-refractivity contribution >= 4 is 21.6 Å². The first-order chi connectivity index (χ1) is 11.7. The molecule has 6 heteroatoms. The summed E-state index contributed by atoms with van der Waals surface area (Å²) in [6, 6.07) is 16.9. The SMILES string of the molecule is N#Cc1ccc(OCC(O)CNCc2nc3ccccc3s2)cc1. The molecule has 0 radical (unpaired) electrons. The van der Waals surface area contributed by atoms with Gasteiger partial charge in [0.15, 0.2) is 0 Å². The maximum Gasteiger partial charge on any atom is 0.119 e. The summed E-state index contributed by atoms with van der Waals surface area (Å²) in [4.78, 5) is 4.54. The fraction of sp³-hybridized carbons (Fsp3) is 0.222. The van der Waals surface area contributed by atoms with E-state index < -0.39 is 6.10 Å². The van der Waals surface area contributed by atoms with Crippen LogP contribution in [0.25, 0.3) is 10.2 Å². The van der Waals surface area contributed by atoms with E-state index in [2.05, 4.69) is 22.4 Å². The van der Waals surface area contributed by atoms with Gasteiger partial charge in [0, 0.05) is 13.1 Å².